The van der Waals surface area contributed by atoms with Gasteiger partial charge in [-0.3, -0.25) is 9.48 Å². The molecule has 74 valence electrons. The molecule has 0 radical (unpaired) electrons. The lowest BCUT2D eigenvalue weighted by atomic mass is 10.2. The maximum absolute atomic E-state index is 11.4. The minimum absolute atomic E-state index is 0.00389. The van der Waals surface area contributed by atoms with Crippen LogP contribution in [0.15, 0.2) is 6.20 Å². The van der Waals surface area contributed by atoms with Gasteiger partial charge in [0.05, 0.1) is 12.2 Å². The number of carbonyl (C=O) groups excluding carboxylic acids is 1. The molecule has 1 aromatic heterocycles. The summed E-state index contributed by atoms with van der Waals surface area (Å²) >= 11 is 0. The Morgan fingerprint density at radius 1 is 1.79 bits per heavy atom. The molecule has 0 spiro atoms. The second-order valence-corrected chi connectivity index (χ2v) is 3.22. The predicted octanol–water partition coefficient (Wildman–Crippen LogP) is -0.114. The number of carbonyl (C=O) groups is 2. The van der Waals surface area contributed by atoms with Gasteiger partial charge in [0.2, 0.25) is 0 Å². The van der Waals surface area contributed by atoms with Gasteiger partial charge in [0.1, 0.15) is 11.3 Å². The summed E-state index contributed by atoms with van der Waals surface area (Å²) in [6.45, 7) is 2.34. The van der Waals surface area contributed by atoms with Gasteiger partial charge < -0.3 is 10.4 Å². The van der Waals surface area contributed by atoms with E-state index in [4.69, 9.17) is 5.11 Å². The number of carboxylic acids is 1. The third-order valence-electron chi connectivity index (χ3n) is 2.22. The van der Waals surface area contributed by atoms with Gasteiger partial charge in [0.15, 0.2) is 0 Å². The van der Waals surface area contributed by atoms with Crippen LogP contribution in [0, 0.1) is 0 Å². The Morgan fingerprint density at radius 3 is 3.14 bits per heavy atom. The highest BCUT2D eigenvalue weighted by Gasteiger charge is 2.28. The number of aromatic nitrogens is 2. The molecule has 1 amide bonds. The average molecular weight is 195 g/mol. The van der Waals surface area contributed by atoms with Crippen LogP contribution in [0.3, 0.4) is 0 Å². The van der Waals surface area contributed by atoms with Gasteiger partial charge in [0, 0.05) is 6.54 Å². The molecule has 6 heteroatoms. The van der Waals surface area contributed by atoms with E-state index in [0.717, 1.165) is 0 Å². The van der Waals surface area contributed by atoms with Crippen LogP contribution in [0.4, 0.5) is 0 Å². The first-order valence-corrected chi connectivity index (χ1v) is 4.20. The SMILES string of the molecule is C[C@H]1CNC(=O)c2c(C(=O)O)cnn21. The second-order valence-electron chi connectivity index (χ2n) is 3.22. The topological polar surface area (TPSA) is 84.2 Å². The molecular weight excluding hydrogens is 186 g/mol. The molecule has 0 saturated heterocycles. The van der Waals surface area contributed by atoms with E-state index in [9.17, 15) is 9.59 Å². The van der Waals surface area contributed by atoms with Crippen molar-refractivity contribution in [3.8, 4) is 0 Å². The minimum atomic E-state index is -1.13. The summed E-state index contributed by atoms with van der Waals surface area (Å²) < 4.78 is 1.45. The summed E-state index contributed by atoms with van der Waals surface area (Å²) in [6, 6.07) is -0.00389. The first-order valence-electron chi connectivity index (χ1n) is 4.20. The van der Waals surface area contributed by atoms with E-state index in [1.54, 1.807) is 0 Å². The number of aromatic carboxylic acids is 1. The number of rotatable bonds is 1. The Hall–Kier alpha value is -1.85. The molecule has 2 heterocycles. The van der Waals surface area contributed by atoms with Gasteiger partial charge in [-0.2, -0.15) is 5.10 Å². The van der Waals surface area contributed by atoms with Crippen LogP contribution in [0.25, 0.3) is 0 Å². The number of carboxylic acid groups (broad SMARTS) is 1. The average Bonchev–Trinajstić information content (AvgIpc) is 2.56. The molecule has 0 aliphatic carbocycles. The van der Waals surface area contributed by atoms with Crippen molar-refractivity contribution >= 4 is 11.9 Å². The lowest BCUT2D eigenvalue weighted by molar-refractivity contribution is 0.0688. The lowest BCUT2D eigenvalue weighted by Gasteiger charge is -2.21. The van der Waals surface area contributed by atoms with Crippen LogP contribution in [0.1, 0.15) is 33.8 Å². The summed E-state index contributed by atoms with van der Waals surface area (Å²) in [7, 11) is 0. The van der Waals surface area contributed by atoms with Gasteiger partial charge in [-0.15, -0.1) is 0 Å². The van der Waals surface area contributed by atoms with Crippen LogP contribution in [0.2, 0.25) is 0 Å². The standard InChI is InChI=1S/C8H9N3O3/c1-4-2-9-7(12)6-5(8(13)14)3-10-11(4)6/h3-4H,2H2,1H3,(H,9,12)(H,13,14)/t4-/m0/s1. The summed E-state index contributed by atoms with van der Waals surface area (Å²) in [5.74, 6) is -1.51. The highest BCUT2D eigenvalue weighted by Crippen LogP contribution is 2.17. The maximum atomic E-state index is 11.4. The van der Waals surface area contributed by atoms with Crippen molar-refractivity contribution < 1.29 is 14.7 Å². The molecule has 0 fully saturated rings. The Kier molecular flexibility index (Phi) is 1.77. The van der Waals surface area contributed by atoms with Crippen molar-refractivity contribution in [2.45, 2.75) is 13.0 Å². The molecule has 0 saturated carbocycles. The fraction of sp³-hybridized carbons (Fsp3) is 0.375. The number of nitrogens with zero attached hydrogens (tertiary/aromatic N) is 2. The van der Waals surface area contributed by atoms with Crippen molar-refractivity contribution in [3.05, 3.63) is 17.5 Å². The van der Waals surface area contributed by atoms with Crippen molar-refractivity contribution in [1.82, 2.24) is 15.1 Å². The molecule has 6 nitrogen and oxygen atoms in total. The summed E-state index contributed by atoms with van der Waals surface area (Å²) in [4.78, 5) is 22.1. The molecule has 2 rings (SSSR count). The molecule has 1 aromatic rings. The molecule has 1 aliphatic heterocycles. The Balaban J connectivity index is 2.59. The lowest BCUT2D eigenvalue weighted by Crippen LogP contribution is -2.39. The smallest absolute Gasteiger partial charge is 0.339 e. The zero-order valence-corrected chi connectivity index (χ0v) is 7.52. The van der Waals surface area contributed by atoms with E-state index in [1.807, 2.05) is 6.92 Å². The van der Waals surface area contributed by atoms with E-state index in [-0.39, 0.29) is 23.2 Å². The fourth-order valence-electron chi connectivity index (χ4n) is 1.49. The van der Waals surface area contributed by atoms with Crippen LogP contribution in [0.5, 0.6) is 0 Å². The summed E-state index contributed by atoms with van der Waals surface area (Å²) in [5, 5.41) is 15.3. The zero-order valence-electron chi connectivity index (χ0n) is 7.52. The van der Waals surface area contributed by atoms with Crippen molar-refractivity contribution in [3.63, 3.8) is 0 Å². The van der Waals surface area contributed by atoms with Crippen molar-refractivity contribution in [2.24, 2.45) is 0 Å². The van der Waals surface area contributed by atoms with Crippen LogP contribution < -0.4 is 5.32 Å². The number of hydrogen-bond donors (Lipinski definition) is 2. The number of fused-ring (bicyclic) bond motifs is 1. The van der Waals surface area contributed by atoms with Crippen LogP contribution in [-0.2, 0) is 0 Å². The molecule has 14 heavy (non-hydrogen) atoms. The van der Waals surface area contributed by atoms with Crippen LogP contribution in [-0.4, -0.2) is 33.3 Å². The van der Waals surface area contributed by atoms with Gasteiger partial charge in [-0.25, -0.2) is 4.79 Å². The summed E-state index contributed by atoms with van der Waals surface area (Å²) in [6.07, 6.45) is 1.21. The van der Waals surface area contributed by atoms with E-state index >= 15 is 0 Å². The third-order valence-corrected chi connectivity index (χ3v) is 2.22. The molecule has 0 aromatic carbocycles. The zero-order chi connectivity index (χ0) is 10.3. The Labute approximate surface area is 79.5 Å². The van der Waals surface area contributed by atoms with Crippen molar-refractivity contribution in [1.29, 1.82) is 0 Å². The van der Waals surface area contributed by atoms with E-state index in [1.165, 1.54) is 10.9 Å². The van der Waals surface area contributed by atoms with Gasteiger partial charge >= 0.3 is 5.97 Å². The first-order chi connectivity index (χ1) is 6.61. The Bertz CT molecular complexity index is 410. The monoisotopic (exact) mass is 195 g/mol. The number of nitrogens with one attached hydrogen (secondary N) is 1. The maximum Gasteiger partial charge on any atom is 0.339 e. The largest absolute Gasteiger partial charge is 0.478 e. The molecule has 2 N–H and O–H groups in total. The highest BCUT2D eigenvalue weighted by atomic mass is 16.4. The van der Waals surface area contributed by atoms with Gasteiger partial charge in [0.25, 0.3) is 5.91 Å². The molecule has 1 aliphatic rings. The van der Waals surface area contributed by atoms with Crippen molar-refractivity contribution in [2.75, 3.05) is 6.54 Å². The molecule has 1 atom stereocenters. The van der Waals surface area contributed by atoms with E-state index in [0.29, 0.717) is 6.54 Å². The van der Waals surface area contributed by atoms with E-state index < -0.39 is 5.97 Å². The van der Waals surface area contributed by atoms with Gasteiger partial charge in [-0.1, -0.05) is 0 Å². The second kappa shape index (κ2) is 2.83. The van der Waals surface area contributed by atoms with Crippen LogP contribution >= 0.6 is 0 Å². The minimum Gasteiger partial charge on any atom is -0.478 e. The molecule has 0 bridgehead atoms. The number of amides is 1. The Morgan fingerprint density at radius 2 is 2.50 bits per heavy atom. The van der Waals surface area contributed by atoms with E-state index in [2.05, 4.69) is 10.4 Å². The summed E-state index contributed by atoms with van der Waals surface area (Å²) in [5.41, 5.74) is 0.0882. The molecule has 0 unspecified atom stereocenters. The quantitative estimate of drug-likeness (QED) is 0.654. The third kappa shape index (κ3) is 1.07. The van der Waals surface area contributed by atoms with Gasteiger partial charge in [-0.05, 0) is 6.92 Å². The normalized spacial score (nSPS) is 20.1. The fourth-order valence-corrected chi connectivity index (χ4v) is 1.49. The number of hydrogen-bond acceptors (Lipinski definition) is 3. The first kappa shape index (κ1) is 8.74. The highest BCUT2D eigenvalue weighted by molar-refractivity contribution is 6.03. The molecular formula is C8H9N3O3. The predicted molar refractivity (Wildman–Crippen MR) is 46.2 cm³/mol.